The zero-order valence-corrected chi connectivity index (χ0v) is 27.5. The molecule has 4 nitrogen and oxygen atoms in total. The van der Waals surface area contributed by atoms with Crippen LogP contribution in [0.1, 0.15) is 16.8 Å². The van der Waals surface area contributed by atoms with Gasteiger partial charge in [0, 0.05) is 55.6 Å². The average Bonchev–Trinajstić information content (AvgIpc) is 3.48. The Morgan fingerprint density at radius 3 is 2.20 bits per heavy atom. The van der Waals surface area contributed by atoms with Crippen molar-refractivity contribution in [2.75, 3.05) is 0 Å². The molecule has 46 heavy (non-hydrogen) atoms. The number of aromatic nitrogens is 3. The molecule has 4 heterocycles. The van der Waals surface area contributed by atoms with E-state index in [-0.39, 0.29) is 20.1 Å². The summed E-state index contributed by atoms with van der Waals surface area (Å²) in [4.78, 5) is 13.8. The van der Waals surface area contributed by atoms with Crippen LogP contribution in [0.4, 0.5) is 0 Å². The number of pyridine rings is 3. The van der Waals surface area contributed by atoms with Crippen molar-refractivity contribution in [1.82, 2.24) is 15.0 Å². The van der Waals surface area contributed by atoms with E-state index >= 15 is 0 Å². The zero-order valence-electron chi connectivity index (χ0n) is 25.1. The number of benzene rings is 4. The number of hydrogen-bond donors (Lipinski definition) is 0. The van der Waals surface area contributed by atoms with Gasteiger partial charge >= 0.3 is 0 Å². The predicted octanol–water partition coefficient (Wildman–Crippen LogP) is 9.96. The molecule has 0 amide bonds. The fourth-order valence-electron chi connectivity index (χ4n) is 5.44. The fraction of sp³-hybridized carbons (Fsp3) is 0.0488. The summed E-state index contributed by atoms with van der Waals surface area (Å²) in [6.07, 6.45) is 4.50. The molecule has 0 aliphatic rings. The van der Waals surface area contributed by atoms with Crippen LogP contribution in [0.3, 0.4) is 0 Å². The van der Waals surface area contributed by atoms with Crippen molar-refractivity contribution in [1.29, 1.82) is 0 Å². The summed E-state index contributed by atoms with van der Waals surface area (Å²) >= 11 is 0. The Kier molecular flexibility index (Phi) is 9.54. The SMILES string of the molecule is Cc1cc(-c2[c-]ccc3c2oc2nc(Cc4ccccc4)ccc23)ncc1-c1ccccc1.[Ir].[c-]1ccccc1-c1ccccn1. The molecule has 0 N–H and O–H groups in total. The van der Waals surface area contributed by atoms with E-state index in [0.29, 0.717) is 5.71 Å². The van der Waals surface area contributed by atoms with E-state index in [2.05, 4.69) is 78.6 Å². The second-order valence-corrected chi connectivity index (χ2v) is 10.8. The van der Waals surface area contributed by atoms with Gasteiger partial charge in [0.05, 0.1) is 5.58 Å². The molecular weight excluding hydrogens is 743 g/mol. The van der Waals surface area contributed by atoms with Crippen LogP contribution in [-0.2, 0) is 26.5 Å². The Balaban J connectivity index is 0.000000241. The number of nitrogens with zero attached hydrogens (tertiary/aromatic N) is 3. The first kappa shape index (κ1) is 30.8. The van der Waals surface area contributed by atoms with Gasteiger partial charge in [-0.3, -0.25) is 0 Å². The van der Waals surface area contributed by atoms with E-state index in [4.69, 9.17) is 14.4 Å². The topological polar surface area (TPSA) is 51.8 Å². The summed E-state index contributed by atoms with van der Waals surface area (Å²) in [6, 6.07) is 51.1. The first-order valence-electron chi connectivity index (χ1n) is 14.9. The van der Waals surface area contributed by atoms with Crippen molar-refractivity contribution in [2.45, 2.75) is 13.3 Å². The molecule has 4 aromatic carbocycles. The van der Waals surface area contributed by atoms with Crippen molar-refractivity contribution in [2.24, 2.45) is 0 Å². The minimum atomic E-state index is 0. The second kappa shape index (κ2) is 14.3. The molecule has 0 unspecified atom stereocenters. The third-order valence-electron chi connectivity index (χ3n) is 7.69. The molecular formula is C41H29IrN3O-2. The van der Waals surface area contributed by atoms with E-state index in [0.717, 1.165) is 67.7 Å². The molecule has 0 saturated heterocycles. The number of aryl methyl sites for hydroxylation is 1. The van der Waals surface area contributed by atoms with Gasteiger partial charge in [-0.1, -0.05) is 89.8 Å². The Bertz CT molecular complexity index is 2150. The third-order valence-corrected chi connectivity index (χ3v) is 7.69. The second-order valence-electron chi connectivity index (χ2n) is 10.8. The summed E-state index contributed by atoms with van der Waals surface area (Å²) in [5.41, 5.74) is 10.8. The van der Waals surface area contributed by atoms with E-state index in [1.807, 2.05) is 85.1 Å². The van der Waals surface area contributed by atoms with Crippen molar-refractivity contribution in [3.63, 3.8) is 0 Å². The van der Waals surface area contributed by atoms with Crippen LogP contribution in [0.15, 0.2) is 150 Å². The van der Waals surface area contributed by atoms with Crippen LogP contribution in [0.25, 0.3) is 55.7 Å². The minimum Gasteiger partial charge on any atom is -0.486 e. The normalized spacial score (nSPS) is 10.6. The molecule has 0 fully saturated rings. The molecule has 4 aromatic heterocycles. The van der Waals surface area contributed by atoms with E-state index < -0.39 is 0 Å². The van der Waals surface area contributed by atoms with Crippen molar-refractivity contribution >= 4 is 22.1 Å². The maximum absolute atomic E-state index is 6.29. The van der Waals surface area contributed by atoms with Gasteiger partial charge in [-0.05, 0) is 53.2 Å². The van der Waals surface area contributed by atoms with Gasteiger partial charge in [-0.2, -0.15) is 0 Å². The zero-order chi connectivity index (χ0) is 30.4. The molecule has 0 saturated carbocycles. The smallest absolute Gasteiger partial charge is 0.216 e. The molecule has 0 aliphatic carbocycles. The summed E-state index contributed by atoms with van der Waals surface area (Å²) in [5.74, 6) is 0. The summed E-state index contributed by atoms with van der Waals surface area (Å²) in [6.45, 7) is 2.11. The Morgan fingerprint density at radius 2 is 1.46 bits per heavy atom. The van der Waals surface area contributed by atoms with Crippen molar-refractivity contribution in [3.8, 4) is 33.6 Å². The Labute approximate surface area is 282 Å². The molecule has 1 radical (unpaired) electrons. The minimum absolute atomic E-state index is 0. The van der Waals surface area contributed by atoms with E-state index in [1.54, 1.807) is 6.20 Å². The van der Waals surface area contributed by atoms with Gasteiger partial charge in [0.2, 0.25) is 5.71 Å². The molecule has 8 aromatic rings. The van der Waals surface area contributed by atoms with Crippen LogP contribution in [-0.4, -0.2) is 15.0 Å². The first-order valence-corrected chi connectivity index (χ1v) is 14.9. The first-order chi connectivity index (χ1) is 22.2. The van der Waals surface area contributed by atoms with Crippen LogP contribution >= 0.6 is 0 Å². The van der Waals surface area contributed by atoms with Crippen LogP contribution in [0.2, 0.25) is 0 Å². The molecule has 8 rings (SSSR count). The summed E-state index contributed by atoms with van der Waals surface area (Å²) in [7, 11) is 0. The van der Waals surface area contributed by atoms with Gasteiger partial charge in [0.1, 0.15) is 0 Å². The fourth-order valence-corrected chi connectivity index (χ4v) is 5.44. The van der Waals surface area contributed by atoms with Gasteiger partial charge in [0.25, 0.3) is 0 Å². The average molecular weight is 772 g/mol. The number of furan rings is 1. The molecule has 0 atom stereocenters. The van der Waals surface area contributed by atoms with Gasteiger partial charge in [-0.25, -0.2) is 4.98 Å². The van der Waals surface area contributed by atoms with Gasteiger partial charge < -0.3 is 14.4 Å². The Hall–Kier alpha value is -5.22. The van der Waals surface area contributed by atoms with Gasteiger partial charge in [0.15, 0.2) is 0 Å². The summed E-state index contributed by atoms with van der Waals surface area (Å²) in [5, 5.41) is 2.04. The monoisotopic (exact) mass is 772 g/mol. The maximum Gasteiger partial charge on any atom is 0.216 e. The van der Waals surface area contributed by atoms with Crippen LogP contribution in [0.5, 0.6) is 0 Å². The van der Waals surface area contributed by atoms with Gasteiger partial charge in [-0.15, -0.1) is 54.1 Å². The Morgan fingerprint density at radius 1 is 0.674 bits per heavy atom. The summed E-state index contributed by atoms with van der Waals surface area (Å²) < 4.78 is 6.29. The number of fused-ring (bicyclic) bond motifs is 3. The molecule has 0 bridgehead atoms. The van der Waals surface area contributed by atoms with Crippen molar-refractivity contribution in [3.05, 3.63) is 175 Å². The third kappa shape index (κ3) is 6.72. The van der Waals surface area contributed by atoms with Crippen LogP contribution < -0.4 is 0 Å². The number of hydrogen-bond acceptors (Lipinski definition) is 4. The molecule has 0 aliphatic heterocycles. The molecule has 0 spiro atoms. The van der Waals surface area contributed by atoms with E-state index in [9.17, 15) is 0 Å². The van der Waals surface area contributed by atoms with Crippen molar-refractivity contribution < 1.29 is 24.5 Å². The quantitative estimate of drug-likeness (QED) is 0.164. The molecule has 225 valence electrons. The number of rotatable bonds is 5. The van der Waals surface area contributed by atoms with E-state index in [1.165, 1.54) is 5.56 Å². The largest absolute Gasteiger partial charge is 0.486 e. The van der Waals surface area contributed by atoms with Crippen LogP contribution in [0, 0.1) is 19.1 Å². The standard InChI is InChI=1S/C30H21N2O.C11H8N.Ir/c1-20-17-28(31-19-27(20)22-11-6-3-7-12-22)26-14-8-13-24-25-16-15-23(32-30(25)33-29(24)26)18-21-9-4-2-5-10-21;1-2-6-10(7-3-1)11-8-4-5-9-12-11;/h2-13,15-17,19H,18H2,1H3;1-6,8-9H;/q2*-1;. The maximum atomic E-state index is 6.29. The molecule has 5 heteroatoms. The predicted molar refractivity (Wildman–Crippen MR) is 182 cm³/mol.